The quantitative estimate of drug-likeness (QED) is 0.618. The smallest absolute Gasteiger partial charge is 0.240 e. The Hall–Kier alpha value is -2.86. The van der Waals surface area contributed by atoms with Crippen molar-refractivity contribution in [3.63, 3.8) is 0 Å². The highest BCUT2D eigenvalue weighted by Gasteiger charge is 2.34. The van der Waals surface area contributed by atoms with E-state index in [2.05, 4.69) is 10.1 Å². The fraction of sp³-hybridized carbons (Fsp3) is 0.250. The number of hydrogen-bond acceptors (Lipinski definition) is 5. The Bertz CT molecular complexity index is 1030. The largest absolute Gasteiger partial charge is 0.494 e. The maximum Gasteiger partial charge on any atom is 0.240 e. The predicted octanol–water partition coefficient (Wildman–Crippen LogP) is 4.58. The maximum atomic E-state index is 12.1. The standard InChI is InChI=1S/C20H18ClN3O3/c1-3-26-14-7-6-13-9-15(20(21)22-16(13)10-14)18-11-17(19-5-4-8-27-19)23-24(18)12(2)25/h4-10,18H,3,11H2,1-2H3. The molecule has 0 N–H and O–H groups in total. The van der Waals surface area contributed by atoms with Gasteiger partial charge in [0.1, 0.15) is 22.4 Å². The van der Waals surface area contributed by atoms with Crippen LogP contribution in [0.2, 0.25) is 5.15 Å². The van der Waals surface area contributed by atoms with Crippen LogP contribution in [0.4, 0.5) is 0 Å². The first-order valence-electron chi connectivity index (χ1n) is 8.71. The number of fused-ring (bicyclic) bond motifs is 1. The van der Waals surface area contributed by atoms with Crippen LogP contribution in [0.1, 0.15) is 37.6 Å². The minimum absolute atomic E-state index is 0.163. The lowest BCUT2D eigenvalue weighted by Gasteiger charge is -2.21. The van der Waals surface area contributed by atoms with Crippen molar-refractivity contribution in [1.29, 1.82) is 0 Å². The summed E-state index contributed by atoms with van der Waals surface area (Å²) in [7, 11) is 0. The number of ether oxygens (including phenoxy) is 1. The molecule has 1 atom stereocenters. The van der Waals surface area contributed by atoms with Crippen LogP contribution < -0.4 is 4.74 Å². The monoisotopic (exact) mass is 383 g/mol. The Morgan fingerprint density at radius 1 is 1.37 bits per heavy atom. The minimum Gasteiger partial charge on any atom is -0.494 e. The molecule has 1 aliphatic rings. The third kappa shape index (κ3) is 3.28. The molecule has 0 spiro atoms. The Balaban J connectivity index is 1.73. The zero-order valence-corrected chi connectivity index (χ0v) is 15.7. The number of furan rings is 1. The molecule has 0 bridgehead atoms. The number of hydrazone groups is 1. The number of halogens is 1. The van der Waals surface area contributed by atoms with Crippen LogP contribution in [-0.2, 0) is 4.79 Å². The molecule has 7 heteroatoms. The summed E-state index contributed by atoms with van der Waals surface area (Å²) in [6.07, 6.45) is 2.10. The van der Waals surface area contributed by atoms with Gasteiger partial charge in [0.15, 0.2) is 0 Å². The Morgan fingerprint density at radius 3 is 2.93 bits per heavy atom. The van der Waals surface area contributed by atoms with Gasteiger partial charge in [-0.1, -0.05) is 11.6 Å². The highest BCUT2D eigenvalue weighted by Crippen LogP contribution is 2.37. The van der Waals surface area contributed by atoms with Crippen molar-refractivity contribution < 1.29 is 13.9 Å². The molecule has 3 heterocycles. The van der Waals surface area contributed by atoms with Gasteiger partial charge >= 0.3 is 0 Å². The van der Waals surface area contributed by atoms with Gasteiger partial charge in [-0.05, 0) is 37.3 Å². The number of hydrogen-bond donors (Lipinski definition) is 0. The van der Waals surface area contributed by atoms with Crippen LogP contribution in [-0.4, -0.2) is 28.2 Å². The second-order valence-corrected chi connectivity index (χ2v) is 6.62. The second kappa shape index (κ2) is 7.04. The molecular formula is C20H18ClN3O3. The number of aromatic nitrogens is 1. The second-order valence-electron chi connectivity index (χ2n) is 6.26. The van der Waals surface area contributed by atoms with Crippen molar-refractivity contribution in [2.24, 2.45) is 5.10 Å². The van der Waals surface area contributed by atoms with Crippen molar-refractivity contribution in [2.75, 3.05) is 6.61 Å². The van der Waals surface area contributed by atoms with Crippen molar-refractivity contribution in [3.8, 4) is 5.75 Å². The maximum absolute atomic E-state index is 12.1. The van der Waals surface area contributed by atoms with Crippen LogP contribution in [0.3, 0.4) is 0 Å². The summed E-state index contributed by atoms with van der Waals surface area (Å²) < 4.78 is 11.0. The molecule has 138 valence electrons. The Labute approximate surface area is 161 Å². The average Bonchev–Trinajstić information content (AvgIpc) is 3.31. The van der Waals surface area contributed by atoms with E-state index in [1.54, 1.807) is 12.3 Å². The summed E-state index contributed by atoms with van der Waals surface area (Å²) in [5.41, 5.74) is 2.21. The van der Waals surface area contributed by atoms with Crippen molar-refractivity contribution in [1.82, 2.24) is 9.99 Å². The molecule has 2 aromatic heterocycles. The van der Waals surface area contributed by atoms with Gasteiger partial charge < -0.3 is 9.15 Å². The molecule has 1 aromatic carbocycles. The molecule has 0 saturated carbocycles. The number of amides is 1. The molecule has 0 saturated heterocycles. The molecule has 0 aliphatic carbocycles. The molecule has 1 unspecified atom stereocenters. The lowest BCUT2D eigenvalue weighted by atomic mass is 10.0. The third-order valence-electron chi connectivity index (χ3n) is 4.48. The van der Waals surface area contributed by atoms with Gasteiger partial charge in [-0.3, -0.25) is 4.79 Å². The van der Waals surface area contributed by atoms with E-state index in [-0.39, 0.29) is 11.9 Å². The molecule has 4 rings (SSSR count). The van der Waals surface area contributed by atoms with Gasteiger partial charge in [0.05, 0.1) is 24.4 Å². The fourth-order valence-corrected chi connectivity index (χ4v) is 3.54. The van der Waals surface area contributed by atoms with Gasteiger partial charge in [-0.15, -0.1) is 0 Å². The van der Waals surface area contributed by atoms with E-state index in [1.165, 1.54) is 11.9 Å². The van der Waals surface area contributed by atoms with E-state index in [0.717, 1.165) is 22.2 Å². The zero-order chi connectivity index (χ0) is 19.0. The molecule has 6 nitrogen and oxygen atoms in total. The van der Waals surface area contributed by atoms with Crippen LogP contribution in [0.25, 0.3) is 10.9 Å². The topological polar surface area (TPSA) is 67.9 Å². The summed E-state index contributed by atoms with van der Waals surface area (Å²) in [5, 5.41) is 7.17. The molecule has 1 amide bonds. The van der Waals surface area contributed by atoms with E-state index in [0.29, 0.717) is 29.7 Å². The molecule has 0 radical (unpaired) electrons. The van der Waals surface area contributed by atoms with Crippen LogP contribution in [0.15, 0.2) is 52.2 Å². The van der Waals surface area contributed by atoms with E-state index >= 15 is 0 Å². The molecule has 27 heavy (non-hydrogen) atoms. The van der Waals surface area contributed by atoms with E-state index in [9.17, 15) is 4.79 Å². The van der Waals surface area contributed by atoms with Crippen LogP contribution >= 0.6 is 11.6 Å². The van der Waals surface area contributed by atoms with E-state index in [4.69, 9.17) is 20.8 Å². The summed E-state index contributed by atoms with van der Waals surface area (Å²) in [5.74, 6) is 1.23. The van der Waals surface area contributed by atoms with Crippen molar-refractivity contribution in [3.05, 3.63) is 59.1 Å². The number of carbonyl (C=O) groups is 1. The van der Waals surface area contributed by atoms with Crippen molar-refractivity contribution in [2.45, 2.75) is 26.3 Å². The highest BCUT2D eigenvalue weighted by atomic mass is 35.5. The van der Waals surface area contributed by atoms with Gasteiger partial charge in [0, 0.05) is 30.4 Å². The molecule has 1 aliphatic heterocycles. The number of nitrogens with zero attached hydrogens (tertiary/aromatic N) is 3. The minimum atomic E-state index is -0.321. The first kappa shape index (κ1) is 17.5. The van der Waals surface area contributed by atoms with E-state index in [1.807, 2.05) is 37.3 Å². The molecule has 3 aromatic rings. The number of pyridine rings is 1. The summed E-state index contributed by atoms with van der Waals surface area (Å²) in [4.78, 5) is 16.7. The third-order valence-corrected chi connectivity index (χ3v) is 4.78. The van der Waals surface area contributed by atoms with Gasteiger partial charge in [0.25, 0.3) is 0 Å². The van der Waals surface area contributed by atoms with Crippen LogP contribution in [0.5, 0.6) is 5.75 Å². The van der Waals surface area contributed by atoms with Crippen molar-refractivity contribution >= 4 is 34.1 Å². The Morgan fingerprint density at radius 2 is 2.22 bits per heavy atom. The summed E-state index contributed by atoms with van der Waals surface area (Å²) in [6.45, 7) is 4.00. The van der Waals surface area contributed by atoms with Gasteiger partial charge in [-0.2, -0.15) is 5.10 Å². The first-order valence-corrected chi connectivity index (χ1v) is 9.08. The predicted molar refractivity (Wildman–Crippen MR) is 103 cm³/mol. The Kier molecular flexibility index (Phi) is 4.58. The highest BCUT2D eigenvalue weighted by molar-refractivity contribution is 6.30. The average molecular weight is 384 g/mol. The number of benzene rings is 1. The summed E-state index contributed by atoms with van der Waals surface area (Å²) in [6, 6.07) is 11.0. The number of carbonyl (C=O) groups excluding carboxylic acids is 1. The molecular weight excluding hydrogens is 366 g/mol. The van der Waals surface area contributed by atoms with Gasteiger partial charge in [0.2, 0.25) is 5.91 Å². The first-order chi connectivity index (χ1) is 13.1. The van der Waals surface area contributed by atoms with Crippen LogP contribution in [0, 0.1) is 0 Å². The number of rotatable bonds is 4. The normalized spacial score (nSPS) is 16.6. The lowest BCUT2D eigenvalue weighted by molar-refractivity contribution is -0.130. The molecule has 0 fully saturated rings. The van der Waals surface area contributed by atoms with E-state index < -0.39 is 0 Å². The zero-order valence-electron chi connectivity index (χ0n) is 15.0. The van der Waals surface area contributed by atoms with Gasteiger partial charge in [-0.25, -0.2) is 9.99 Å². The lowest BCUT2D eigenvalue weighted by Crippen LogP contribution is -2.24. The summed E-state index contributed by atoms with van der Waals surface area (Å²) >= 11 is 6.49. The fourth-order valence-electron chi connectivity index (χ4n) is 3.26. The SMILES string of the molecule is CCOc1ccc2cc(C3CC(c4ccco4)=NN3C(C)=O)c(Cl)nc2c1.